The first-order valence-electron chi connectivity index (χ1n) is 8.47. The maximum Gasteiger partial charge on any atom is 0.317 e. The molecule has 126 valence electrons. The maximum absolute atomic E-state index is 12.3. The largest absolute Gasteiger partial charge is 0.353 e. The van der Waals surface area contributed by atoms with E-state index in [1.54, 1.807) is 6.20 Å². The Hall–Kier alpha value is -2.56. The van der Waals surface area contributed by atoms with Gasteiger partial charge in [0, 0.05) is 38.9 Å². The lowest BCUT2D eigenvalue weighted by molar-refractivity contribution is 0.194. The van der Waals surface area contributed by atoms with Crippen molar-refractivity contribution < 1.29 is 4.79 Å². The summed E-state index contributed by atoms with van der Waals surface area (Å²) in [5.74, 6) is 0.983. The second kappa shape index (κ2) is 7.81. The highest BCUT2D eigenvalue weighted by Gasteiger charge is 2.21. The molecule has 1 aromatic carbocycles. The van der Waals surface area contributed by atoms with E-state index < -0.39 is 0 Å². The number of urea groups is 1. The van der Waals surface area contributed by atoms with Crippen molar-refractivity contribution >= 4 is 11.8 Å². The van der Waals surface area contributed by atoms with Crippen molar-refractivity contribution in [1.29, 1.82) is 0 Å². The van der Waals surface area contributed by atoms with Gasteiger partial charge in [0.2, 0.25) is 0 Å². The molecule has 1 aliphatic rings. The number of nitrogens with zero attached hydrogens (tertiary/aromatic N) is 3. The van der Waals surface area contributed by atoms with E-state index in [2.05, 4.69) is 34.3 Å². The van der Waals surface area contributed by atoms with Crippen molar-refractivity contribution in [2.75, 3.05) is 37.6 Å². The molecule has 3 rings (SSSR count). The highest BCUT2D eigenvalue weighted by molar-refractivity contribution is 5.74. The molecule has 1 aliphatic heterocycles. The number of benzene rings is 1. The summed E-state index contributed by atoms with van der Waals surface area (Å²) in [6, 6.07) is 14.3. The molecule has 1 N–H and O–H groups in total. The van der Waals surface area contributed by atoms with E-state index in [1.807, 2.05) is 35.2 Å². The Bertz CT molecular complexity index is 666. The van der Waals surface area contributed by atoms with Gasteiger partial charge in [0.1, 0.15) is 5.82 Å². The smallest absolute Gasteiger partial charge is 0.317 e. The van der Waals surface area contributed by atoms with Crippen LogP contribution >= 0.6 is 0 Å². The Labute approximate surface area is 143 Å². The first kappa shape index (κ1) is 16.3. The summed E-state index contributed by atoms with van der Waals surface area (Å²) in [6.07, 6.45) is 2.67. The van der Waals surface area contributed by atoms with E-state index in [9.17, 15) is 4.79 Å². The average molecular weight is 324 g/mol. The summed E-state index contributed by atoms with van der Waals surface area (Å²) in [5, 5.41) is 3.04. The molecule has 1 aromatic heterocycles. The Morgan fingerprint density at radius 1 is 1.08 bits per heavy atom. The fourth-order valence-electron chi connectivity index (χ4n) is 2.99. The molecule has 2 amide bonds. The van der Waals surface area contributed by atoms with E-state index in [0.717, 1.165) is 38.4 Å². The number of anilines is 1. The summed E-state index contributed by atoms with van der Waals surface area (Å²) < 4.78 is 0. The lowest BCUT2D eigenvalue weighted by Gasteiger charge is -2.35. The van der Waals surface area contributed by atoms with Crippen LogP contribution in [0.1, 0.15) is 11.1 Å². The quantitative estimate of drug-likeness (QED) is 0.940. The number of hydrogen-bond acceptors (Lipinski definition) is 3. The fraction of sp³-hybridized carbons (Fsp3) is 0.368. The van der Waals surface area contributed by atoms with Crippen LogP contribution in [0.3, 0.4) is 0 Å². The topological polar surface area (TPSA) is 48.5 Å². The van der Waals surface area contributed by atoms with Crippen molar-refractivity contribution in [3.05, 3.63) is 59.8 Å². The normalized spacial score (nSPS) is 14.5. The number of carbonyl (C=O) groups excluding carboxylic acids is 1. The fourth-order valence-corrected chi connectivity index (χ4v) is 2.99. The first-order chi connectivity index (χ1) is 11.7. The number of rotatable bonds is 4. The van der Waals surface area contributed by atoms with Gasteiger partial charge in [0.05, 0.1) is 0 Å². The van der Waals surface area contributed by atoms with E-state index in [-0.39, 0.29) is 6.03 Å². The highest BCUT2D eigenvalue weighted by atomic mass is 16.2. The molecule has 5 heteroatoms. The number of hydrogen-bond donors (Lipinski definition) is 1. The zero-order valence-electron chi connectivity index (χ0n) is 14.1. The standard InChI is InChI=1S/C19H24N4O/c1-16-6-2-3-7-17(16)9-11-21-19(24)23-14-12-22(13-15-23)18-8-4-5-10-20-18/h2-8,10H,9,11-15H2,1H3,(H,21,24). The van der Waals surface area contributed by atoms with Crippen LogP contribution < -0.4 is 10.2 Å². The molecule has 0 aliphatic carbocycles. The van der Waals surface area contributed by atoms with Gasteiger partial charge in [-0.25, -0.2) is 9.78 Å². The molecule has 0 atom stereocenters. The third-order valence-corrected chi connectivity index (χ3v) is 4.47. The summed E-state index contributed by atoms with van der Waals surface area (Å²) in [5.41, 5.74) is 2.56. The van der Waals surface area contributed by atoms with E-state index in [0.29, 0.717) is 6.54 Å². The van der Waals surface area contributed by atoms with Gasteiger partial charge in [-0.1, -0.05) is 30.3 Å². The van der Waals surface area contributed by atoms with Crippen molar-refractivity contribution in [3.8, 4) is 0 Å². The molecule has 24 heavy (non-hydrogen) atoms. The Morgan fingerprint density at radius 2 is 1.83 bits per heavy atom. The Balaban J connectivity index is 1.43. The average Bonchev–Trinajstić information content (AvgIpc) is 2.64. The van der Waals surface area contributed by atoms with Crippen LogP contribution in [0.2, 0.25) is 0 Å². The van der Waals surface area contributed by atoms with Crippen LogP contribution in [-0.2, 0) is 6.42 Å². The second-order valence-electron chi connectivity index (χ2n) is 6.07. The van der Waals surface area contributed by atoms with Crippen LogP contribution in [0.15, 0.2) is 48.7 Å². The monoisotopic (exact) mass is 324 g/mol. The third-order valence-electron chi connectivity index (χ3n) is 4.47. The predicted octanol–water partition coefficient (Wildman–Crippen LogP) is 2.46. The molecule has 5 nitrogen and oxygen atoms in total. The molecule has 1 saturated heterocycles. The summed E-state index contributed by atoms with van der Waals surface area (Å²) in [7, 11) is 0. The van der Waals surface area contributed by atoms with Gasteiger partial charge in [0.15, 0.2) is 0 Å². The van der Waals surface area contributed by atoms with E-state index >= 15 is 0 Å². The van der Waals surface area contributed by atoms with Gasteiger partial charge < -0.3 is 15.1 Å². The van der Waals surface area contributed by atoms with E-state index in [4.69, 9.17) is 0 Å². The van der Waals surface area contributed by atoms with Gasteiger partial charge in [-0.3, -0.25) is 0 Å². The number of piperazine rings is 1. The Kier molecular flexibility index (Phi) is 5.31. The van der Waals surface area contributed by atoms with Crippen LogP contribution in [0.5, 0.6) is 0 Å². The number of aromatic nitrogens is 1. The zero-order chi connectivity index (χ0) is 16.8. The van der Waals surface area contributed by atoms with Crippen LogP contribution in [0, 0.1) is 6.92 Å². The number of carbonyl (C=O) groups is 1. The lowest BCUT2D eigenvalue weighted by Crippen LogP contribution is -2.52. The highest BCUT2D eigenvalue weighted by Crippen LogP contribution is 2.12. The van der Waals surface area contributed by atoms with Crippen molar-refractivity contribution in [3.63, 3.8) is 0 Å². The number of pyridine rings is 1. The zero-order valence-corrected chi connectivity index (χ0v) is 14.1. The molecule has 0 unspecified atom stereocenters. The number of aryl methyl sites for hydroxylation is 1. The van der Waals surface area contributed by atoms with Crippen LogP contribution in [0.25, 0.3) is 0 Å². The van der Waals surface area contributed by atoms with Crippen molar-refractivity contribution in [2.45, 2.75) is 13.3 Å². The van der Waals surface area contributed by atoms with E-state index in [1.165, 1.54) is 11.1 Å². The molecular formula is C19H24N4O. The summed E-state index contributed by atoms with van der Waals surface area (Å²) in [4.78, 5) is 20.8. The van der Waals surface area contributed by atoms with Crippen molar-refractivity contribution in [1.82, 2.24) is 15.2 Å². The minimum absolute atomic E-state index is 0.0317. The maximum atomic E-state index is 12.3. The van der Waals surface area contributed by atoms with Gasteiger partial charge in [-0.05, 0) is 36.6 Å². The molecule has 0 bridgehead atoms. The molecule has 1 fully saturated rings. The van der Waals surface area contributed by atoms with Gasteiger partial charge >= 0.3 is 6.03 Å². The van der Waals surface area contributed by atoms with Gasteiger partial charge in [0.25, 0.3) is 0 Å². The SMILES string of the molecule is Cc1ccccc1CCNC(=O)N1CCN(c2ccccn2)CC1. The van der Waals surface area contributed by atoms with Crippen LogP contribution in [0.4, 0.5) is 10.6 Å². The van der Waals surface area contributed by atoms with Crippen molar-refractivity contribution in [2.24, 2.45) is 0 Å². The molecule has 2 aromatic rings. The molecule has 2 heterocycles. The van der Waals surface area contributed by atoms with Crippen LogP contribution in [-0.4, -0.2) is 48.6 Å². The third kappa shape index (κ3) is 4.04. The molecular weight excluding hydrogens is 300 g/mol. The summed E-state index contributed by atoms with van der Waals surface area (Å²) >= 11 is 0. The molecule has 0 saturated carbocycles. The first-order valence-corrected chi connectivity index (χ1v) is 8.47. The minimum Gasteiger partial charge on any atom is -0.353 e. The molecule has 0 spiro atoms. The van der Waals surface area contributed by atoms with Gasteiger partial charge in [-0.2, -0.15) is 0 Å². The number of nitrogens with one attached hydrogen (secondary N) is 1. The molecule has 0 radical (unpaired) electrons. The Morgan fingerprint density at radius 3 is 2.54 bits per heavy atom. The minimum atomic E-state index is 0.0317. The summed E-state index contributed by atoms with van der Waals surface area (Å²) in [6.45, 7) is 5.88. The van der Waals surface area contributed by atoms with Gasteiger partial charge in [-0.15, -0.1) is 0 Å². The second-order valence-corrected chi connectivity index (χ2v) is 6.07. The lowest BCUT2D eigenvalue weighted by atomic mass is 10.1. The predicted molar refractivity (Wildman–Crippen MR) is 96.3 cm³/mol. The number of amides is 2.